The molecule has 0 bridgehead atoms. The molecule has 29 heavy (non-hydrogen) atoms. The number of halogens is 3. The molecule has 1 aromatic carbocycles. The second kappa shape index (κ2) is 9.99. The second-order valence-electron chi connectivity index (χ2n) is 7.29. The SMILES string of the molecule is CN=C(NCC#Cc1cccc(C(F)(F)F)c1)N1CCC(CN2CCOCC2)C1. The zero-order valence-corrected chi connectivity index (χ0v) is 16.6. The van der Waals surface area contributed by atoms with Gasteiger partial charge < -0.3 is 15.0 Å². The van der Waals surface area contributed by atoms with E-state index in [1.807, 2.05) is 0 Å². The predicted octanol–water partition coefficient (Wildman–Crippen LogP) is 2.29. The first kappa shape index (κ1) is 21.5. The summed E-state index contributed by atoms with van der Waals surface area (Å²) in [6, 6.07) is 5.07. The molecule has 0 radical (unpaired) electrons. The minimum Gasteiger partial charge on any atom is -0.379 e. The summed E-state index contributed by atoms with van der Waals surface area (Å²) in [5, 5.41) is 3.20. The Kier molecular flexibility index (Phi) is 7.40. The van der Waals surface area contributed by atoms with Gasteiger partial charge in [-0.25, -0.2) is 0 Å². The summed E-state index contributed by atoms with van der Waals surface area (Å²) >= 11 is 0. The van der Waals surface area contributed by atoms with Gasteiger partial charge in [-0.3, -0.25) is 9.89 Å². The Morgan fingerprint density at radius 3 is 2.79 bits per heavy atom. The van der Waals surface area contributed by atoms with Crippen LogP contribution in [-0.2, 0) is 10.9 Å². The zero-order chi connectivity index (χ0) is 20.7. The van der Waals surface area contributed by atoms with Crippen molar-refractivity contribution in [3.8, 4) is 11.8 Å². The molecule has 5 nitrogen and oxygen atoms in total. The van der Waals surface area contributed by atoms with Crippen LogP contribution in [0.4, 0.5) is 13.2 Å². The molecule has 0 amide bonds. The Hall–Kier alpha value is -2.24. The molecule has 2 heterocycles. The quantitative estimate of drug-likeness (QED) is 0.473. The fourth-order valence-corrected chi connectivity index (χ4v) is 3.70. The van der Waals surface area contributed by atoms with Crippen molar-refractivity contribution in [3.05, 3.63) is 35.4 Å². The molecular weight excluding hydrogens is 381 g/mol. The molecule has 0 saturated carbocycles. The molecule has 1 unspecified atom stereocenters. The molecule has 1 N–H and O–H groups in total. The van der Waals surface area contributed by atoms with Crippen LogP contribution in [0.25, 0.3) is 0 Å². The summed E-state index contributed by atoms with van der Waals surface area (Å²) in [6.45, 7) is 6.89. The number of rotatable bonds is 3. The molecule has 3 rings (SSSR count). The first-order valence-electron chi connectivity index (χ1n) is 9.87. The predicted molar refractivity (Wildman–Crippen MR) is 107 cm³/mol. The van der Waals surface area contributed by atoms with Crippen LogP contribution >= 0.6 is 0 Å². The third-order valence-corrected chi connectivity index (χ3v) is 5.17. The van der Waals surface area contributed by atoms with Crippen molar-refractivity contribution in [2.45, 2.75) is 12.6 Å². The van der Waals surface area contributed by atoms with E-state index < -0.39 is 11.7 Å². The Balaban J connectivity index is 1.47. The molecule has 0 aliphatic carbocycles. The van der Waals surface area contributed by atoms with Crippen molar-refractivity contribution in [1.29, 1.82) is 0 Å². The van der Waals surface area contributed by atoms with E-state index in [1.54, 1.807) is 13.1 Å². The van der Waals surface area contributed by atoms with Crippen LogP contribution in [0.5, 0.6) is 0 Å². The average molecular weight is 408 g/mol. The fraction of sp³-hybridized carbons (Fsp3) is 0.571. The van der Waals surface area contributed by atoms with Gasteiger partial charge in [0.25, 0.3) is 0 Å². The minimum absolute atomic E-state index is 0.327. The van der Waals surface area contributed by atoms with Gasteiger partial charge in [0.05, 0.1) is 25.3 Å². The minimum atomic E-state index is -4.36. The highest BCUT2D eigenvalue weighted by Gasteiger charge is 2.30. The summed E-state index contributed by atoms with van der Waals surface area (Å²) in [7, 11) is 1.73. The van der Waals surface area contributed by atoms with Crippen LogP contribution in [0.3, 0.4) is 0 Å². The lowest BCUT2D eigenvalue weighted by Gasteiger charge is -2.29. The van der Waals surface area contributed by atoms with E-state index >= 15 is 0 Å². The number of hydrogen-bond donors (Lipinski definition) is 1. The standard InChI is InChI=1S/C21H27F3N4O/c1-25-20(28-9-7-18(16-28)15-27-10-12-29-13-11-27)26-8-3-5-17-4-2-6-19(14-17)21(22,23)24/h2,4,6,14,18H,7-13,15-16H2,1H3,(H,25,26). The Morgan fingerprint density at radius 2 is 2.07 bits per heavy atom. The molecule has 1 atom stereocenters. The number of likely N-dealkylation sites (tertiary alicyclic amines) is 1. The number of nitrogens with zero attached hydrogens (tertiary/aromatic N) is 3. The maximum Gasteiger partial charge on any atom is 0.416 e. The first-order valence-corrected chi connectivity index (χ1v) is 9.87. The highest BCUT2D eigenvalue weighted by molar-refractivity contribution is 5.80. The topological polar surface area (TPSA) is 40.1 Å². The summed E-state index contributed by atoms with van der Waals surface area (Å²) in [4.78, 5) is 9.00. The summed E-state index contributed by atoms with van der Waals surface area (Å²) < 4.78 is 43.7. The van der Waals surface area contributed by atoms with E-state index in [0.717, 1.165) is 70.5 Å². The molecule has 0 spiro atoms. The first-order chi connectivity index (χ1) is 14.0. The highest BCUT2D eigenvalue weighted by Crippen LogP contribution is 2.29. The molecule has 0 aromatic heterocycles. The molecule has 8 heteroatoms. The van der Waals surface area contributed by atoms with Gasteiger partial charge in [0.15, 0.2) is 5.96 Å². The van der Waals surface area contributed by atoms with E-state index in [1.165, 1.54) is 6.07 Å². The summed E-state index contributed by atoms with van der Waals surface area (Å²) in [5.41, 5.74) is -0.334. The molecule has 2 fully saturated rings. The Labute approximate surface area is 169 Å². The zero-order valence-electron chi connectivity index (χ0n) is 16.6. The number of ether oxygens (including phenoxy) is 1. The van der Waals surface area contributed by atoms with Crippen LogP contribution in [0.2, 0.25) is 0 Å². The molecule has 2 saturated heterocycles. The van der Waals surface area contributed by atoms with Crippen LogP contribution < -0.4 is 5.32 Å². The van der Waals surface area contributed by atoms with Gasteiger partial charge in [0.2, 0.25) is 0 Å². The highest BCUT2D eigenvalue weighted by atomic mass is 19.4. The smallest absolute Gasteiger partial charge is 0.379 e. The van der Waals surface area contributed by atoms with Crippen molar-refractivity contribution in [2.75, 3.05) is 59.5 Å². The van der Waals surface area contributed by atoms with Crippen LogP contribution in [0.1, 0.15) is 17.5 Å². The van der Waals surface area contributed by atoms with Gasteiger partial charge in [-0.1, -0.05) is 17.9 Å². The molecule has 158 valence electrons. The Bertz CT molecular complexity index is 763. The third-order valence-electron chi connectivity index (χ3n) is 5.17. The van der Waals surface area contributed by atoms with E-state index in [2.05, 4.69) is 31.9 Å². The monoisotopic (exact) mass is 408 g/mol. The fourth-order valence-electron chi connectivity index (χ4n) is 3.70. The van der Waals surface area contributed by atoms with Crippen molar-refractivity contribution < 1.29 is 17.9 Å². The van der Waals surface area contributed by atoms with Crippen molar-refractivity contribution >= 4 is 5.96 Å². The largest absolute Gasteiger partial charge is 0.416 e. The van der Waals surface area contributed by atoms with Crippen LogP contribution in [0, 0.1) is 17.8 Å². The van der Waals surface area contributed by atoms with Crippen LogP contribution in [0.15, 0.2) is 29.3 Å². The Morgan fingerprint density at radius 1 is 1.28 bits per heavy atom. The molecule has 1 aromatic rings. The van der Waals surface area contributed by atoms with Crippen LogP contribution in [-0.4, -0.2) is 75.3 Å². The van der Waals surface area contributed by atoms with E-state index in [4.69, 9.17) is 4.74 Å². The number of benzene rings is 1. The molecule has 2 aliphatic rings. The van der Waals surface area contributed by atoms with Crippen molar-refractivity contribution in [3.63, 3.8) is 0 Å². The van der Waals surface area contributed by atoms with Gasteiger partial charge in [-0.2, -0.15) is 13.2 Å². The van der Waals surface area contributed by atoms with Gasteiger partial charge in [0, 0.05) is 45.3 Å². The van der Waals surface area contributed by atoms with Gasteiger partial charge in [0.1, 0.15) is 0 Å². The lowest BCUT2D eigenvalue weighted by molar-refractivity contribution is -0.137. The summed E-state index contributed by atoms with van der Waals surface area (Å²) in [6.07, 6.45) is -3.24. The van der Waals surface area contributed by atoms with E-state index in [9.17, 15) is 13.2 Å². The number of morpholine rings is 1. The lowest BCUT2D eigenvalue weighted by Crippen LogP contribution is -2.42. The number of hydrogen-bond acceptors (Lipinski definition) is 3. The average Bonchev–Trinajstić information content (AvgIpc) is 3.16. The van der Waals surface area contributed by atoms with Gasteiger partial charge in [-0.05, 0) is 30.5 Å². The molecule has 2 aliphatic heterocycles. The van der Waals surface area contributed by atoms with E-state index in [-0.39, 0.29) is 0 Å². The number of alkyl halides is 3. The maximum atomic E-state index is 12.8. The number of guanidine groups is 1. The van der Waals surface area contributed by atoms with Crippen molar-refractivity contribution in [1.82, 2.24) is 15.1 Å². The summed E-state index contributed by atoms with van der Waals surface area (Å²) in [5.74, 6) is 7.06. The maximum absolute atomic E-state index is 12.8. The van der Waals surface area contributed by atoms with E-state index in [0.29, 0.717) is 18.0 Å². The van der Waals surface area contributed by atoms with Gasteiger partial charge >= 0.3 is 6.18 Å². The number of nitrogens with one attached hydrogen (secondary N) is 1. The number of aliphatic imine (C=N–C) groups is 1. The second-order valence-corrected chi connectivity index (χ2v) is 7.29. The lowest BCUT2D eigenvalue weighted by atomic mass is 10.1. The van der Waals surface area contributed by atoms with Crippen molar-refractivity contribution in [2.24, 2.45) is 10.9 Å². The third kappa shape index (κ3) is 6.38. The van der Waals surface area contributed by atoms with Gasteiger partial charge in [-0.15, -0.1) is 0 Å². The molecular formula is C21H27F3N4O. The normalized spacial score (nSPS) is 21.0.